The molecular formula is C18H29ClIN3O3. The van der Waals surface area contributed by atoms with E-state index in [0.717, 1.165) is 74.5 Å². The molecule has 6 nitrogen and oxygen atoms in total. The Labute approximate surface area is 178 Å². The molecule has 1 aromatic rings. The van der Waals surface area contributed by atoms with E-state index in [1.807, 2.05) is 18.2 Å². The molecule has 1 unspecified atom stereocenters. The van der Waals surface area contributed by atoms with E-state index < -0.39 is 0 Å². The van der Waals surface area contributed by atoms with Crippen molar-refractivity contribution in [2.24, 2.45) is 4.99 Å². The van der Waals surface area contributed by atoms with Gasteiger partial charge in [0.05, 0.1) is 19.8 Å². The summed E-state index contributed by atoms with van der Waals surface area (Å²) in [6.07, 6.45) is 3.02. The van der Waals surface area contributed by atoms with Crippen molar-refractivity contribution in [1.82, 2.24) is 10.6 Å². The van der Waals surface area contributed by atoms with Crippen molar-refractivity contribution in [2.45, 2.75) is 25.4 Å². The lowest BCUT2D eigenvalue weighted by atomic mass is 10.1. The predicted molar refractivity (Wildman–Crippen MR) is 116 cm³/mol. The van der Waals surface area contributed by atoms with E-state index in [0.29, 0.717) is 0 Å². The standard InChI is InChI=1S/C18H28ClN3O3.HI/c1-20-18(21-8-3-10-25-16-7-11-24-13-16)22-9-6-14-4-5-15(23-2)12-17(14)19;/h4-5,12,16H,3,6-11,13H2,1-2H3,(H2,20,21,22);1H. The predicted octanol–water partition coefficient (Wildman–Crippen LogP) is 2.87. The van der Waals surface area contributed by atoms with Crippen LogP contribution in [-0.4, -0.2) is 59.1 Å². The van der Waals surface area contributed by atoms with E-state index in [2.05, 4.69) is 15.6 Å². The van der Waals surface area contributed by atoms with Crippen molar-refractivity contribution in [3.8, 4) is 5.75 Å². The lowest BCUT2D eigenvalue weighted by molar-refractivity contribution is 0.0420. The molecule has 8 heteroatoms. The van der Waals surface area contributed by atoms with Crippen molar-refractivity contribution in [3.63, 3.8) is 0 Å². The molecule has 0 amide bonds. The largest absolute Gasteiger partial charge is 0.497 e. The summed E-state index contributed by atoms with van der Waals surface area (Å²) in [5, 5.41) is 7.30. The fraction of sp³-hybridized carbons (Fsp3) is 0.611. The van der Waals surface area contributed by atoms with Crippen LogP contribution in [-0.2, 0) is 15.9 Å². The number of nitrogens with zero attached hydrogens (tertiary/aromatic N) is 1. The Hall–Kier alpha value is -0.770. The van der Waals surface area contributed by atoms with Crippen LogP contribution in [0.15, 0.2) is 23.2 Å². The fourth-order valence-corrected chi connectivity index (χ4v) is 2.83. The van der Waals surface area contributed by atoms with Crippen molar-refractivity contribution in [2.75, 3.05) is 47.1 Å². The molecule has 1 atom stereocenters. The normalized spacial score (nSPS) is 16.9. The summed E-state index contributed by atoms with van der Waals surface area (Å²) >= 11 is 6.25. The minimum atomic E-state index is 0. The Kier molecular flexibility index (Phi) is 12.0. The van der Waals surface area contributed by atoms with Crippen LogP contribution in [0, 0.1) is 0 Å². The summed E-state index contributed by atoms with van der Waals surface area (Å²) in [5.74, 6) is 1.56. The zero-order chi connectivity index (χ0) is 17.9. The zero-order valence-electron chi connectivity index (χ0n) is 15.4. The number of methoxy groups -OCH3 is 1. The van der Waals surface area contributed by atoms with Crippen LogP contribution in [0.25, 0.3) is 0 Å². The lowest BCUT2D eigenvalue weighted by Gasteiger charge is -2.13. The molecular weight excluding hydrogens is 469 g/mol. The van der Waals surface area contributed by atoms with Crippen molar-refractivity contribution in [3.05, 3.63) is 28.8 Å². The summed E-state index contributed by atoms with van der Waals surface area (Å²) in [6, 6.07) is 5.74. The Balaban J connectivity index is 0.00000338. The molecule has 1 aliphatic rings. The van der Waals surface area contributed by atoms with Gasteiger partial charge in [-0.2, -0.15) is 0 Å². The second-order valence-electron chi connectivity index (χ2n) is 5.84. The minimum Gasteiger partial charge on any atom is -0.497 e. The number of nitrogens with one attached hydrogen (secondary N) is 2. The molecule has 0 bridgehead atoms. The summed E-state index contributed by atoms with van der Waals surface area (Å²) in [6.45, 7) is 3.85. The third-order valence-electron chi connectivity index (χ3n) is 4.03. The third kappa shape index (κ3) is 8.28. The highest BCUT2D eigenvalue weighted by molar-refractivity contribution is 14.0. The Morgan fingerprint density at radius 2 is 2.15 bits per heavy atom. The molecule has 1 saturated heterocycles. The van der Waals surface area contributed by atoms with Gasteiger partial charge in [-0.05, 0) is 37.0 Å². The minimum absolute atomic E-state index is 0. The van der Waals surface area contributed by atoms with Gasteiger partial charge in [-0.3, -0.25) is 4.99 Å². The smallest absolute Gasteiger partial charge is 0.190 e. The van der Waals surface area contributed by atoms with E-state index in [-0.39, 0.29) is 30.1 Å². The number of hydrogen-bond acceptors (Lipinski definition) is 4. The van der Waals surface area contributed by atoms with Gasteiger partial charge in [0, 0.05) is 38.4 Å². The molecule has 148 valence electrons. The van der Waals surface area contributed by atoms with Gasteiger partial charge in [0.25, 0.3) is 0 Å². The molecule has 2 N–H and O–H groups in total. The van der Waals surface area contributed by atoms with Gasteiger partial charge in [-0.25, -0.2) is 0 Å². The van der Waals surface area contributed by atoms with E-state index in [4.69, 9.17) is 25.8 Å². The second-order valence-corrected chi connectivity index (χ2v) is 6.25. The molecule has 2 rings (SSSR count). The van der Waals surface area contributed by atoms with Crippen LogP contribution >= 0.6 is 35.6 Å². The molecule has 1 aliphatic heterocycles. The number of ether oxygens (including phenoxy) is 3. The zero-order valence-corrected chi connectivity index (χ0v) is 18.5. The first-order chi connectivity index (χ1) is 12.2. The van der Waals surface area contributed by atoms with Gasteiger partial charge in [0.1, 0.15) is 5.75 Å². The van der Waals surface area contributed by atoms with Crippen LogP contribution in [0.2, 0.25) is 5.02 Å². The van der Waals surface area contributed by atoms with Crippen LogP contribution in [0.4, 0.5) is 0 Å². The first kappa shape index (κ1) is 23.3. The monoisotopic (exact) mass is 497 g/mol. The molecule has 0 aromatic heterocycles. The van der Waals surface area contributed by atoms with Crippen molar-refractivity contribution >= 4 is 41.5 Å². The lowest BCUT2D eigenvalue weighted by Crippen LogP contribution is -2.39. The van der Waals surface area contributed by atoms with Crippen LogP contribution in [0.3, 0.4) is 0 Å². The maximum Gasteiger partial charge on any atom is 0.190 e. The quantitative estimate of drug-likeness (QED) is 0.238. The van der Waals surface area contributed by atoms with Crippen molar-refractivity contribution in [1.29, 1.82) is 0 Å². The highest BCUT2D eigenvalue weighted by atomic mass is 127. The number of rotatable bonds is 9. The molecule has 26 heavy (non-hydrogen) atoms. The molecule has 1 heterocycles. The topological polar surface area (TPSA) is 64.1 Å². The molecule has 0 saturated carbocycles. The maximum atomic E-state index is 6.25. The van der Waals surface area contributed by atoms with E-state index in [1.165, 1.54) is 0 Å². The SMILES string of the molecule is CN=C(NCCCOC1CCOC1)NCCc1ccc(OC)cc1Cl.I. The number of benzene rings is 1. The number of halogens is 2. The molecule has 1 fully saturated rings. The maximum absolute atomic E-state index is 6.25. The molecule has 0 spiro atoms. The molecule has 0 radical (unpaired) electrons. The second kappa shape index (κ2) is 13.4. The third-order valence-corrected chi connectivity index (χ3v) is 4.38. The Morgan fingerprint density at radius 1 is 1.35 bits per heavy atom. The molecule has 1 aromatic carbocycles. The van der Waals surface area contributed by atoms with E-state index in [1.54, 1.807) is 14.2 Å². The average molecular weight is 498 g/mol. The Bertz CT molecular complexity index is 554. The first-order valence-corrected chi connectivity index (χ1v) is 9.07. The van der Waals surface area contributed by atoms with Gasteiger partial charge in [-0.1, -0.05) is 17.7 Å². The van der Waals surface area contributed by atoms with Gasteiger partial charge in [-0.15, -0.1) is 24.0 Å². The highest BCUT2D eigenvalue weighted by Crippen LogP contribution is 2.22. The summed E-state index contributed by atoms with van der Waals surface area (Å²) in [5.41, 5.74) is 1.08. The number of guanidine groups is 1. The van der Waals surface area contributed by atoms with Crippen LogP contribution < -0.4 is 15.4 Å². The average Bonchev–Trinajstić information content (AvgIpc) is 3.14. The highest BCUT2D eigenvalue weighted by Gasteiger charge is 2.15. The number of hydrogen-bond donors (Lipinski definition) is 2. The summed E-state index contributed by atoms with van der Waals surface area (Å²) in [4.78, 5) is 4.22. The molecule has 0 aliphatic carbocycles. The van der Waals surface area contributed by atoms with Gasteiger partial charge >= 0.3 is 0 Å². The van der Waals surface area contributed by atoms with Gasteiger partial charge < -0.3 is 24.8 Å². The van der Waals surface area contributed by atoms with Crippen LogP contribution in [0.5, 0.6) is 5.75 Å². The van der Waals surface area contributed by atoms with Gasteiger partial charge in [0.15, 0.2) is 5.96 Å². The Morgan fingerprint density at radius 3 is 2.81 bits per heavy atom. The fourth-order valence-electron chi connectivity index (χ4n) is 2.57. The summed E-state index contributed by atoms with van der Waals surface area (Å²) in [7, 11) is 3.40. The van der Waals surface area contributed by atoms with Crippen LogP contribution in [0.1, 0.15) is 18.4 Å². The summed E-state index contributed by atoms with van der Waals surface area (Å²) < 4.78 is 16.2. The van der Waals surface area contributed by atoms with E-state index >= 15 is 0 Å². The van der Waals surface area contributed by atoms with Gasteiger partial charge in [0.2, 0.25) is 0 Å². The first-order valence-electron chi connectivity index (χ1n) is 8.69. The van der Waals surface area contributed by atoms with Crippen molar-refractivity contribution < 1.29 is 14.2 Å². The number of aliphatic imine (C=N–C) groups is 1. The van der Waals surface area contributed by atoms with E-state index in [9.17, 15) is 0 Å².